The maximum atomic E-state index is 5.38. The highest BCUT2D eigenvalue weighted by Gasteiger charge is 2.26. The molecule has 0 saturated heterocycles. The number of nitrogens with zero attached hydrogens (tertiary/aromatic N) is 4. The lowest BCUT2D eigenvalue weighted by atomic mass is 10.2. The predicted octanol–water partition coefficient (Wildman–Crippen LogP) is 0.425. The van der Waals surface area contributed by atoms with Crippen molar-refractivity contribution < 1.29 is 0 Å². The van der Waals surface area contributed by atoms with Crippen molar-refractivity contribution in [3.8, 4) is 11.5 Å². The first-order chi connectivity index (χ1) is 7.86. The molecule has 0 aromatic carbocycles. The molecule has 7 nitrogen and oxygen atoms in total. The molecule has 0 bridgehead atoms. The number of rotatable bonds is 3. The van der Waals surface area contributed by atoms with Gasteiger partial charge in [0.05, 0.1) is 6.20 Å². The molecule has 7 heteroatoms. The second-order valence-electron chi connectivity index (χ2n) is 3.78. The Balaban J connectivity index is 2.06. The van der Waals surface area contributed by atoms with Crippen molar-refractivity contribution in [2.45, 2.75) is 18.8 Å². The van der Waals surface area contributed by atoms with E-state index in [1.54, 1.807) is 6.20 Å². The summed E-state index contributed by atoms with van der Waals surface area (Å²) >= 11 is 0. The summed E-state index contributed by atoms with van der Waals surface area (Å²) in [4.78, 5) is 8.69. The van der Waals surface area contributed by atoms with Crippen LogP contribution < -0.4 is 11.3 Å². The molecule has 0 amide bonds. The zero-order valence-corrected chi connectivity index (χ0v) is 8.51. The maximum Gasteiger partial charge on any atom is 0.184 e. The number of H-pyrrole nitrogens is 1. The minimum atomic E-state index is 0.542. The number of anilines is 1. The number of nitrogens with two attached hydrogens (primary N) is 1. The first kappa shape index (κ1) is 9.22. The molecule has 0 atom stereocenters. The molecule has 3 rings (SSSR count). The monoisotopic (exact) mass is 217 g/mol. The summed E-state index contributed by atoms with van der Waals surface area (Å²) in [6.07, 6.45) is 3.95. The van der Waals surface area contributed by atoms with Crippen molar-refractivity contribution >= 4 is 5.82 Å². The molecule has 2 heterocycles. The van der Waals surface area contributed by atoms with Crippen LogP contribution in [-0.4, -0.2) is 25.4 Å². The molecule has 1 aliphatic carbocycles. The fourth-order valence-electron chi connectivity index (χ4n) is 1.55. The van der Waals surface area contributed by atoms with E-state index in [1.165, 1.54) is 12.8 Å². The average Bonchev–Trinajstić information content (AvgIpc) is 3.04. The van der Waals surface area contributed by atoms with E-state index in [0.717, 1.165) is 5.69 Å². The van der Waals surface area contributed by atoms with Crippen molar-refractivity contribution in [3.63, 3.8) is 0 Å². The van der Waals surface area contributed by atoms with Crippen LogP contribution in [0.1, 0.15) is 24.5 Å². The Morgan fingerprint density at radius 2 is 2.25 bits per heavy atom. The van der Waals surface area contributed by atoms with Gasteiger partial charge in [-0.05, 0) is 12.8 Å². The Kier molecular flexibility index (Phi) is 2.03. The van der Waals surface area contributed by atoms with Gasteiger partial charge < -0.3 is 5.43 Å². The first-order valence-electron chi connectivity index (χ1n) is 5.08. The third kappa shape index (κ3) is 1.61. The minimum Gasteiger partial charge on any atom is -0.308 e. The Labute approximate surface area is 91.5 Å². The first-order valence-corrected chi connectivity index (χ1v) is 5.08. The summed E-state index contributed by atoms with van der Waals surface area (Å²) in [6.45, 7) is 0. The number of aromatic nitrogens is 5. The topological polar surface area (TPSA) is 105 Å². The van der Waals surface area contributed by atoms with Crippen LogP contribution in [0.4, 0.5) is 5.82 Å². The van der Waals surface area contributed by atoms with Gasteiger partial charge in [-0.3, -0.25) is 0 Å². The summed E-state index contributed by atoms with van der Waals surface area (Å²) in [6, 6.07) is 1.88. The molecule has 1 aliphatic rings. The Hall–Kier alpha value is -2.02. The van der Waals surface area contributed by atoms with Crippen LogP contribution in [0, 0.1) is 0 Å². The van der Waals surface area contributed by atoms with Gasteiger partial charge >= 0.3 is 0 Å². The van der Waals surface area contributed by atoms with Crippen LogP contribution in [0.5, 0.6) is 0 Å². The summed E-state index contributed by atoms with van der Waals surface area (Å²) < 4.78 is 0. The zero-order valence-electron chi connectivity index (χ0n) is 8.51. The third-order valence-electron chi connectivity index (χ3n) is 2.53. The maximum absolute atomic E-state index is 5.38. The quantitative estimate of drug-likeness (QED) is 0.508. The van der Waals surface area contributed by atoms with Gasteiger partial charge in [-0.25, -0.2) is 15.8 Å². The number of nitrogen functional groups attached to an aromatic ring is 1. The van der Waals surface area contributed by atoms with E-state index < -0.39 is 0 Å². The fourth-order valence-corrected chi connectivity index (χ4v) is 1.55. The van der Waals surface area contributed by atoms with Crippen molar-refractivity contribution in [1.82, 2.24) is 25.4 Å². The molecule has 0 unspecified atom stereocenters. The van der Waals surface area contributed by atoms with Gasteiger partial charge in [-0.2, -0.15) is 15.4 Å². The van der Waals surface area contributed by atoms with Crippen molar-refractivity contribution in [2.75, 3.05) is 5.43 Å². The molecule has 4 N–H and O–H groups in total. The third-order valence-corrected chi connectivity index (χ3v) is 2.53. The van der Waals surface area contributed by atoms with Crippen molar-refractivity contribution in [3.05, 3.63) is 18.0 Å². The van der Waals surface area contributed by atoms with E-state index in [4.69, 9.17) is 5.84 Å². The number of hydrogen-bond acceptors (Lipinski definition) is 6. The second kappa shape index (κ2) is 3.53. The van der Waals surface area contributed by atoms with Gasteiger partial charge in [0.15, 0.2) is 5.82 Å². The van der Waals surface area contributed by atoms with Crippen molar-refractivity contribution in [2.24, 2.45) is 5.84 Å². The van der Waals surface area contributed by atoms with Crippen LogP contribution >= 0.6 is 0 Å². The smallest absolute Gasteiger partial charge is 0.184 e. The molecule has 82 valence electrons. The standard InChI is InChI=1S/C9H11N7/c10-14-8-3-6(5-1-2-5)12-9(13-8)7-4-11-16-15-7/h3-5H,1-2,10H2,(H,11,15,16)(H,12,13,14). The molecule has 16 heavy (non-hydrogen) atoms. The fraction of sp³-hybridized carbons (Fsp3) is 0.333. The molecule has 0 aliphatic heterocycles. The Bertz CT molecular complexity index is 489. The van der Waals surface area contributed by atoms with Crippen LogP contribution in [0.3, 0.4) is 0 Å². The zero-order chi connectivity index (χ0) is 11.0. The van der Waals surface area contributed by atoms with Gasteiger partial charge in [-0.1, -0.05) is 0 Å². The minimum absolute atomic E-state index is 0.542. The van der Waals surface area contributed by atoms with Gasteiger partial charge in [0.25, 0.3) is 0 Å². The molecule has 0 radical (unpaired) electrons. The van der Waals surface area contributed by atoms with E-state index in [9.17, 15) is 0 Å². The van der Waals surface area contributed by atoms with Crippen LogP contribution in [0.25, 0.3) is 11.5 Å². The van der Waals surface area contributed by atoms with Crippen LogP contribution in [-0.2, 0) is 0 Å². The summed E-state index contributed by atoms with van der Waals surface area (Å²) in [5.41, 5.74) is 4.18. The van der Waals surface area contributed by atoms with Gasteiger partial charge in [0, 0.05) is 17.7 Å². The predicted molar refractivity (Wildman–Crippen MR) is 57.2 cm³/mol. The highest BCUT2D eigenvalue weighted by Crippen LogP contribution is 2.39. The van der Waals surface area contributed by atoms with Gasteiger partial charge in [-0.15, -0.1) is 0 Å². The van der Waals surface area contributed by atoms with E-state index in [-0.39, 0.29) is 0 Å². The average molecular weight is 217 g/mol. The lowest BCUT2D eigenvalue weighted by Gasteiger charge is -2.04. The van der Waals surface area contributed by atoms with E-state index in [2.05, 4.69) is 30.8 Å². The number of nitrogens with one attached hydrogen (secondary N) is 2. The molecular weight excluding hydrogens is 206 g/mol. The largest absolute Gasteiger partial charge is 0.308 e. The van der Waals surface area contributed by atoms with Gasteiger partial charge in [0.2, 0.25) is 0 Å². The lowest BCUT2D eigenvalue weighted by Crippen LogP contribution is -2.10. The Morgan fingerprint density at radius 1 is 1.38 bits per heavy atom. The number of aromatic amines is 1. The summed E-state index contributed by atoms with van der Waals surface area (Å²) in [5.74, 6) is 7.07. The lowest BCUT2D eigenvalue weighted by molar-refractivity contribution is 0.932. The van der Waals surface area contributed by atoms with Crippen LogP contribution in [0.2, 0.25) is 0 Å². The molecular formula is C9H11N7. The molecule has 2 aromatic rings. The van der Waals surface area contributed by atoms with E-state index >= 15 is 0 Å². The molecule has 0 spiro atoms. The summed E-state index contributed by atoms with van der Waals surface area (Å²) in [7, 11) is 0. The van der Waals surface area contributed by atoms with E-state index in [0.29, 0.717) is 23.3 Å². The second-order valence-corrected chi connectivity index (χ2v) is 3.78. The normalized spacial score (nSPS) is 15.1. The number of hydrazine groups is 1. The van der Waals surface area contributed by atoms with Gasteiger partial charge in [0.1, 0.15) is 11.5 Å². The van der Waals surface area contributed by atoms with Crippen molar-refractivity contribution in [1.29, 1.82) is 0 Å². The summed E-state index contributed by atoms with van der Waals surface area (Å²) in [5, 5.41) is 10.2. The van der Waals surface area contributed by atoms with Crippen LogP contribution in [0.15, 0.2) is 12.3 Å². The van der Waals surface area contributed by atoms with E-state index in [1.807, 2.05) is 6.07 Å². The number of hydrogen-bond donors (Lipinski definition) is 3. The highest BCUT2D eigenvalue weighted by atomic mass is 15.3. The highest BCUT2D eigenvalue weighted by molar-refractivity contribution is 5.51. The molecule has 1 fully saturated rings. The SMILES string of the molecule is NNc1cc(C2CC2)nc(-c2cn[nH]n2)n1. The molecule has 2 aromatic heterocycles. The molecule has 1 saturated carbocycles. The Morgan fingerprint density at radius 3 is 2.88 bits per heavy atom.